The summed E-state index contributed by atoms with van der Waals surface area (Å²) in [5.41, 5.74) is 4.84. The minimum absolute atomic E-state index is 0.419. The van der Waals surface area contributed by atoms with Crippen LogP contribution in [0.4, 0.5) is 0 Å². The van der Waals surface area contributed by atoms with Crippen molar-refractivity contribution in [2.75, 3.05) is 0 Å². The van der Waals surface area contributed by atoms with Crippen molar-refractivity contribution in [3.63, 3.8) is 0 Å². The van der Waals surface area contributed by atoms with Crippen molar-refractivity contribution in [1.82, 2.24) is 0 Å². The van der Waals surface area contributed by atoms with Gasteiger partial charge in [0.1, 0.15) is 11.6 Å². The SMILES string of the molecule is CCC[C@H](C(=O)OC(C)(C)C)[C@@H](N)C(=O)O. The first-order valence-corrected chi connectivity index (χ1v) is 5.40. The zero-order valence-electron chi connectivity index (χ0n) is 10.3. The molecule has 0 radical (unpaired) electrons. The van der Waals surface area contributed by atoms with E-state index < -0.39 is 29.5 Å². The molecule has 0 aliphatic carbocycles. The van der Waals surface area contributed by atoms with Crippen molar-refractivity contribution in [3.8, 4) is 0 Å². The summed E-state index contributed by atoms with van der Waals surface area (Å²) in [6.45, 7) is 7.08. The van der Waals surface area contributed by atoms with Crippen LogP contribution in [0.15, 0.2) is 0 Å². The molecule has 5 nitrogen and oxygen atoms in total. The lowest BCUT2D eigenvalue weighted by Crippen LogP contribution is -2.44. The molecule has 0 rings (SSSR count). The van der Waals surface area contributed by atoms with Crippen LogP contribution in [0.3, 0.4) is 0 Å². The number of hydrogen-bond donors (Lipinski definition) is 2. The fourth-order valence-electron chi connectivity index (χ4n) is 1.30. The molecule has 0 aromatic heterocycles. The highest BCUT2D eigenvalue weighted by Crippen LogP contribution is 2.17. The first kappa shape index (κ1) is 14.9. The van der Waals surface area contributed by atoms with Gasteiger partial charge in [-0.25, -0.2) is 0 Å². The molecule has 0 amide bonds. The van der Waals surface area contributed by atoms with Gasteiger partial charge in [-0.15, -0.1) is 0 Å². The zero-order chi connectivity index (χ0) is 12.9. The van der Waals surface area contributed by atoms with Gasteiger partial charge in [0.15, 0.2) is 0 Å². The third-order valence-corrected chi connectivity index (χ3v) is 2.03. The van der Waals surface area contributed by atoms with Crippen LogP contribution in [0.1, 0.15) is 40.5 Å². The van der Waals surface area contributed by atoms with E-state index in [4.69, 9.17) is 15.6 Å². The summed E-state index contributed by atoms with van der Waals surface area (Å²) in [5.74, 6) is -2.49. The standard InChI is InChI=1S/C11H21NO4/c1-5-6-7(8(12)9(13)14)10(15)16-11(2,3)4/h7-8H,5-6,12H2,1-4H3,(H,13,14)/t7-,8+/m0/s1. The van der Waals surface area contributed by atoms with Gasteiger partial charge >= 0.3 is 11.9 Å². The molecule has 0 saturated heterocycles. The summed E-state index contributed by atoms with van der Waals surface area (Å²) >= 11 is 0. The molecule has 5 heteroatoms. The Bertz CT molecular complexity index is 257. The van der Waals surface area contributed by atoms with Crippen LogP contribution in [0, 0.1) is 5.92 Å². The molecule has 0 aromatic carbocycles. The van der Waals surface area contributed by atoms with Crippen LogP contribution in [-0.2, 0) is 14.3 Å². The minimum Gasteiger partial charge on any atom is -0.480 e. The highest BCUT2D eigenvalue weighted by molar-refractivity contribution is 5.83. The molecule has 0 aliphatic heterocycles. The summed E-state index contributed by atoms with van der Waals surface area (Å²) in [5, 5.41) is 8.79. The molecule has 16 heavy (non-hydrogen) atoms. The molecule has 0 bridgehead atoms. The fourth-order valence-corrected chi connectivity index (χ4v) is 1.30. The van der Waals surface area contributed by atoms with Crippen LogP contribution in [-0.4, -0.2) is 28.7 Å². The van der Waals surface area contributed by atoms with Crippen molar-refractivity contribution in [1.29, 1.82) is 0 Å². The first-order valence-electron chi connectivity index (χ1n) is 5.40. The van der Waals surface area contributed by atoms with E-state index in [9.17, 15) is 9.59 Å². The molecule has 2 atom stereocenters. The molecule has 0 saturated carbocycles. The number of carbonyl (C=O) groups excluding carboxylic acids is 1. The van der Waals surface area contributed by atoms with E-state index in [1.54, 1.807) is 20.8 Å². The number of ether oxygens (including phenoxy) is 1. The summed E-state index contributed by atoms with van der Waals surface area (Å²) in [6, 6.07) is -1.20. The Hall–Kier alpha value is -1.10. The fraction of sp³-hybridized carbons (Fsp3) is 0.818. The summed E-state index contributed by atoms with van der Waals surface area (Å²) in [4.78, 5) is 22.5. The number of carboxylic acid groups (broad SMARTS) is 1. The normalized spacial score (nSPS) is 15.3. The van der Waals surface area contributed by atoms with Gasteiger partial charge in [-0.3, -0.25) is 9.59 Å². The summed E-state index contributed by atoms with van der Waals surface area (Å²) in [7, 11) is 0. The van der Waals surface area contributed by atoms with Gasteiger partial charge in [-0.05, 0) is 27.2 Å². The van der Waals surface area contributed by atoms with Gasteiger partial charge in [-0.2, -0.15) is 0 Å². The van der Waals surface area contributed by atoms with E-state index in [-0.39, 0.29) is 0 Å². The van der Waals surface area contributed by atoms with Gasteiger partial charge < -0.3 is 15.6 Å². The lowest BCUT2D eigenvalue weighted by atomic mass is 9.95. The number of carbonyl (C=O) groups is 2. The number of hydrogen-bond acceptors (Lipinski definition) is 4. The molecule has 0 unspecified atom stereocenters. The second-order valence-corrected chi connectivity index (χ2v) is 4.79. The average Bonchev–Trinajstić information content (AvgIpc) is 2.09. The van der Waals surface area contributed by atoms with Crippen LogP contribution in [0.25, 0.3) is 0 Å². The van der Waals surface area contributed by atoms with Crippen LogP contribution in [0.5, 0.6) is 0 Å². The van der Waals surface area contributed by atoms with Gasteiger partial charge in [0.2, 0.25) is 0 Å². The predicted octanol–water partition coefficient (Wildman–Crippen LogP) is 1.16. The van der Waals surface area contributed by atoms with Crippen molar-refractivity contribution < 1.29 is 19.4 Å². The quantitative estimate of drug-likeness (QED) is 0.693. The second-order valence-electron chi connectivity index (χ2n) is 4.79. The van der Waals surface area contributed by atoms with Crippen molar-refractivity contribution in [2.45, 2.75) is 52.2 Å². The maximum atomic E-state index is 11.7. The van der Waals surface area contributed by atoms with Crippen molar-refractivity contribution in [3.05, 3.63) is 0 Å². The van der Waals surface area contributed by atoms with Crippen LogP contribution >= 0.6 is 0 Å². The Morgan fingerprint density at radius 3 is 2.19 bits per heavy atom. The highest BCUT2D eigenvalue weighted by Gasteiger charge is 2.33. The van der Waals surface area contributed by atoms with Gasteiger partial charge in [-0.1, -0.05) is 13.3 Å². The molecule has 0 heterocycles. The second kappa shape index (κ2) is 5.84. The Morgan fingerprint density at radius 2 is 1.88 bits per heavy atom. The van der Waals surface area contributed by atoms with Gasteiger partial charge in [0, 0.05) is 0 Å². The lowest BCUT2D eigenvalue weighted by molar-refractivity contribution is -0.164. The average molecular weight is 231 g/mol. The first-order chi connectivity index (χ1) is 7.19. The zero-order valence-corrected chi connectivity index (χ0v) is 10.3. The van der Waals surface area contributed by atoms with Crippen molar-refractivity contribution >= 4 is 11.9 Å². The number of carboxylic acids is 1. The van der Waals surface area contributed by atoms with Crippen molar-refractivity contribution in [2.24, 2.45) is 11.7 Å². The Morgan fingerprint density at radius 1 is 1.38 bits per heavy atom. The molecule has 94 valence electrons. The monoisotopic (exact) mass is 231 g/mol. The van der Waals surface area contributed by atoms with Gasteiger partial charge in [0.05, 0.1) is 5.92 Å². The smallest absolute Gasteiger partial charge is 0.321 e. The Balaban J connectivity index is 4.65. The van der Waals surface area contributed by atoms with Gasteiger partial charge in [0.25, 0.3) is 0 Å². The number of esters is 1. The maximum Gasteiger partial charge on any atom is 0.321 e. The summed E-state index contributed by atoms with van der Waals surface area (Å²) < 4.78 is 5.14. The molecule has 0 aliphatic rings. The molecule has 0 spiro atoms. The van der Waals surface area contributed by atoms with Crippen LogP contribution < -0.4 is 5.73 Å². The van der Waals surface area contributed by atoms with E-state index in [1.807, 2.05) is 6.92 Å². The molecule has 0 fully saturated rings. The lowest BCUT2D eigenvalue weighted by Gasteiger charge is -2.25. The van der Waals surface area contributed by atoms with E-state index >= 15 is 0 Å². The third kappa shape index (κ3) is 5.11. The topological polar surface area (TPSA) is 89.6 Å². The van der Waals surface area contributed by atoms with E-state index in [2.05, 4.69) is 0 Å². The van der Waals surface area contributed by atoms with E-state index in [0.29, 0.717) is 12.8 Å². The summed E-state index contributed by atoms with van der Waals surface area (Å²) in [6.07, 6.45) is 1.10. The molecular formula is C11H21NO4. The largest absolute Gasteiger partial charge is 0.480 e. The number of rotatable bonds is 5. The Labute approximate surface area is 96.0 Å². The minimum atomic E-state index is -1.20. The maximum absolute atomic E-state index is 11.7. The third-order valence-electron chi connectivity index (χ3n) is 2.03. The number of aliphatic carboxylic acids is 1. The molecule has 3 N–H and O–H groups in total. The van der Waals surface area contributed by atoms with Crippen LogP contribution in [0.2, 0.25) is 0 Å². The van der Waals surface area contributed by atoms with E-state index in [0.717, 1.165) is 0 Å². The predicted molar refractivity (Wildman–Crippen MR) is 59.9 cm³/mol. The molecule has 0 aromatic rings. The molecular weight excluding hydrogens is 210 g/mol. The number of nitrogens with two attached hydrogens (primary N) is 1. The van der Waals surface area contributed by atoms with E-state index in [1.165, 1.54) is 0 Å². The Kier molecular flexibility index (Phi) is 5.44. The highest BCUT2D eigenvalue weighted by atomic mass is 16.6.